The summed E-state index contributed by atoms with van der Waals surface area (Å²) < 4.78 is 11.8. The summed E-state index contributed by atoms with van der Waals surface area (Å²) in [7, 11) is 2.47. The van der Waals surface area contributed by atoms with E-state index in [1.165, 1.54) is 23.8 Å². The Kier molecular flexibility index (Phi) is 6.04. The number of benzene rings is 1. The molecule has 0 spiro atoms. The Morgan fingerprint density at radius 1 is 1.20 bits per heavy atom. The lowest BCUT2D eigenvalue weighted by Crippen LogP contribution is -2.36. The first kappa shape index (κ1) is 21.3. The number of nitrogens with one attached hydrogen (secondary N) is 1. The third-order valence-corrected chi connectivity index (χ3v) is 4.94. The van der Waals surface area contributed by atoms with Crippen LogP contribution in [0, 0.1) is 10.1 Å². The average Bonchev–Trinajstić information content (AvgIpc) is 3.00. The van der Waals surface area contributed by atoms with Crippen molar-refractivity contribution >= 4 is 34.3 Å². The number of aromatic nitrogens is 3. The second-order valence-corrected chi connectivity index (χ2v) is 6.65. The van der Waals surface area contributed by atoms with Crippen LogP contribution in [0.5, 0.6) is 0 Å². The number of nitrogens with zero attached hydrogens (tertiary/aromatic N) is 3. The minimum atomic E-state index is -0.827. The first-order valence-corrected chi connectivity index (χ1v) is 9.03. The van der Waals surface area contributed by atoms with Crippen LogP contribution in [0.15, 0.2) is 33.9 Å². The maximum absolute atomic E-state index is 12.8. The molecule has 2 heterocycles. The highest BCUT2D eigenvalue weighted by Crippen LogP contribution is 2.27. The Morgan fingerprint density at radius 2 is 1.87 bits per heavy atom. The van der Waals surface area contributed by atoms with Gasteiger partial charge in [0.15, 0.2) is 0 Å². The van der Waals surface area contributed by atoms with Crippen LogP contribution in [0.2, 0.25) is 5.15 Å². The fourth-order valence-corrected chi connectivity index (χ4v) is 3.43. The molecule has 158 valence electrons. The zero-order valence-corrected chi connectivity index (χ0v) is 16.8. The maximum atomic E-state index is 12.8. The SMILES string of the molecule is COCn1c(=O)[nH]c2c(c(C(=O)OC)c(Cl)n2CCc2ccc([N+](=O)[O-])cc2)c1=O. The third-order valence-electron chi connectivity index (χ3n) is 4.55. The average molecular weight is 437 g/mol. The largest absolute Gasteiger partial charge is 0.465 e. The van der Waals surface area contributed by atoms with Crippen LogP contribution < -0.4 is 11.2 Å². The minimum absolute atomic E-state index is 0.0424. The predicted molar refractivity (Wildman–Crippen MR) is 107 cm³/mol. The molecule has 1 N–H and O–H groups in total. The number of ether oxygens (including phenoxy) is 2. The van der Waals surface area contributed by atoms with Crippen LogP contribution in [0.1, 0.15) is 15.9 Å². The van der Waals surface area contributed by atoms with Gasteiger partial charge in [-0.1, -0.05) is 23.7 Å². The Hall–Kier alpha value is -3.44. The zero-order chi connectivity index (χ0) is 22.0. The number of carbonyl (C=O) groups excluding carboxylic acids is 1. The standard InChI is InChI=1S/C18H17ClN4O7/c1-29-9-22-16(24)13-12(17(25)30-2)14(19)21(15(13)20-18(22)26)8-7-10-3-5-11(6-4-10)23(27)28/h3-6H,7-9H2,1-2H3,(H,20,26). The summed E-state index contributed by atoms with van der Waals surface area (Å²) in [5.41, 5.74) is -0.843. The number of H-pyrrole nitrogens is 1. The van der Waals surface area contributed by atoms with Crippen LogP contribution in [0.3, 0.4) is 0 Å². The summed E-state index contributed by atoms with van der Waals surface area (Å²) in [4.78, 5) is 50.3. The van der Waals surface area contributed by atoms with E-state index in [1.807, 2.05) is 0 Å². The van der Waals surface area contributed by atoms with Gasteiger partial charge >= 0.3 is 11.7 Å². The van der Waals surface area contributed by atoms with E-state index in [2.05, 4.69) is 4.98 Å². The lowest BCUT2D eigenvalue weighted by atomic mass is 10.1. The van der Waals surface area contributed by atoms with Gasteiger partial charge in [0.1, 0.15) is 23.1 Å². The molecule has 3 aromatic rings. The third kappa shape index (κ3) is 3.72. The Labute approximate surface area is 173 Å². The van der Waals surface area contributed by atoms with E-state index >= 15 is 0 Å². The normalized spacial score (nSPS) is 11.0. The van der Waals surface area contributed by atoms with Crippen molar-refractivity contribution < 1.29 is 19.2 Å². The topological polar surface area (TPSA) is 138 Å². The summed E-state index contributed by atoms with van der Waals surface area (Å²) in [6, 6.07) is 5.92. The minimum Gasteiger partial charge on any atom is -0.465 e. The number of fused-ring (bicyclic) bond motifs is 1. The van der Waals surface area contributed by atoms with E-state index in [9.17, 15) is 24.5 Å². The van der Waals surface area contributed by atoms with Crippen LogP contribution in [0.4, 0.5) is 5.69 Å². The first-order valence-electron chi connectivity index (χ1n) is 8.65. The lowest BCUT2D eigenvalue weighted by Gasteiger charge is -2.08. The number of aryl methyl sites for hydroxylation is 2. The highest BCUT2D eigenvalue weighted by molar-refractivity contribution is 6.35. The summed E-state index contributed by atoms with van der Waals surface area (Å²) in [5.74, 6) is -0.827. The predicted octanol–water partition coefficient (Wildman–Crippen LogP) is 1.69. The number of hydrogen-bond acceptors (Lipinski definition) is 7. The highest BCUT2D eigenvalue weighted by Gasteiger charge is 2.26. The fraction of sp³-hybridized carbons (Fsp3) is 0.278. The first-order chi connectivity index (χ1) is 14.3. The zero-order valence-electron chi connectivity index (χ0n) is 16.0. The lowest BCUT2D eigenvalue weighted by molar-refractivity contribution is -0.384. The van der Waals surface area contributed by atoms with Gasteiger partial charge in [-0.15, -0.1) is 0 Å². The smallest absolute Gasteiger partial charge is 0.341 e. The maximum Gasteiger partial charge on any atom is 0.341 e. The number of nitro groups is 1. The molecule has 0 radical (unpaired) electrons. The number of aromatic amines is 1. The van der Waals surface area contributed by atoms with Gasteiger partial charge in [-0.05, 0) is 12.0 Å². The summed E-state index contributed by atoms with van der Waals surface area (Å²) in [6.45, 7) is -0.121. The van der Waals surface area contributed by atoms with Gasteiger partial charge in [0.25, 0.3) is 11.2 Å². The van der Waals surface area contributed by atoms with E-state index in [0.717, 1.165) is 17.2 Å². The van der Waals surface area contributed by atoms with Crippen LogP contribution >= 0.6 is 11.6 Å². The van der Waals surface area contributed by atoms with Crippen molar-refractivity contribution in [2.24, 2.45) is 0 Å². The van der Waals surface area contributed by atoms with E-state index in [1.54, 1.807) is 12.1 Å². The number of carbonyl (C=O) groups is 1. The molecular formula is C18H17ClN4O7. The molecule has 30 heavy (non-hydrogen) atoms. The van der Waals surface area contributed by atoms with E-state index < -0.39 is 22.1 Å². The molecule has 3 rings (SSSR count). The number of nitro benzene ring substituents is 1. The van der Waals surface area contributed by atoms with Gasteiger partial charge in [-0.2, -0.15) is 0 Å². The number of halogens is 1. The molecule has 0 fully saturated rings. The monoisotopic (exact) mass is 436 g/mol. The van der Waals surface area contributed by atoms with Gasteiger partial charge in [0.05, 0.1) is 17.4 Å². The second kappa shape index (κ2) is 8.51. The molecule has 0 unspecified atom stereocenters. The molecule has 0 atom stereocenters. The molecule has 0 bridgehead atoms. The Bertz CT molecular complexity index is 1240. The van der Waals surface area contributed by atoms with Crippen LogP contribution in [0.25, 0.3) is 11.0 Å². The number of non-ortho nitro benzene ring substituents is 1. The summed E-state index contributed by atoms with van der Waals surface area (Å²) in [6.07, 6.45) is 0.366. The van der Waals surface area contributed by atoms with Crippen LogP contribution in [-0.2, 0) is 29.2 Å². The van der Waals surface area contributed by atoms with Gasteiger partial charge in [-0.3, -0.25) is 19.9 Å². The van der Waals surface area contributed by atoms with Crippen molar-refractivity contribution in [1.29, 1.82) is 0 Å². The Morgan fingerprint density at radius 3 is 2.43 bits per heavy atom. The van der Waals surface area contributed by atoms with Gasteiger partial charge in [-0.25, -0.2) is 14.2 Å². The number of rotatable bonds is 7. The van der Waals surface area contributed by atoms with Crippen molar-refractivity contribution in [2.45, 2.75) is 19.7 Å². The molecule has 0 aliphatic heterocycles. The molecule has 0 aliphatic carbocycles. The molecule has 0 amide bonds. The highest BCUT2D eigenvalue weighted by atomic mass is 35.5. The molecule has 2 aromatic heterocycles. The summed E-state index contributed by atoms with van der Waals surface area (Å²) in [5, 5.41) is 10.6. The number of esters is 1. The summed E-state index contributed by atoms with van der Waals surface area (Å²) >= 11 is 6.38. The van der Waals surface area contributed by atoms with E-state index in [-0.39, 0.29) is 40.7 Å². The van der Waals surface area contributed by atoms with E-state index in [0.29, 0.717) is 6.42 Å². The van der Waals surface area contributed by atoms with Crippen molar-refractivity contribution in [3.8, 4) is 0 Å². The molecule has 0 saturated carbocycles. The van der Waals surface area contributed by atoms with Crippen molar-refractivity contribution in [1.82, 2.24) is 14.1 Å². The van der Waals surface area contributed by atoms with Gasteiger partial charge < -0.3 is 14.0 Å². The molecule has 0 aliphatic rings. The molecule has 0 saturated heterocycles. The Balaban J connectivity index is 2.11. The molecule has 1 aromatic carbocycles. The second-order valence-electron chi connectivity index (χ2n) is 6.29. The quantitative estimate of drug-likeness (QED) is 0.337. The van der Waals surface area contributed by atoms with E-state index in [4.69, 9.17) is 21.1 Å². The van der Waals surface area contributed by atoms with Crippen molar-refractivity contribution in [3.05, 3.63) is 71.5 Å². The van der Waals surface area contributed by atoms with Crippen LogP contribution in [-0.4, -0.2) is 39.2 Å². The molecule has 12 heteroatoms. The van der Waals surface area contributed by atoms with Gasteiger partial charge in [0, 0.05) is 25.8 Å². The number of hydrogen-bond donors (Lipinski definition) is 1. The molecular weight excluding hydrogens is 420 g/mol. The fourth-order valence-electron chi connectivity index (χ4n) is 3.09. The molecule has 11 nitrogen and oxygen atoms in total. The number of methoxy groups -OCH3 is 2. The van der Waals surface area contributed by atoms with Crippen molar-refractivity contribution in [2.75, 3.05) is 14.2 Å². The van der Waals surface area contributed by atoms with Gasteiger partial charge in [0.2, 0.25) is 0 Å². The van der Waals surface area contributed by atoms with Crippen molar-refractivity contribution in [3.63, 3.8) is 0 Å².